The Bertz CT molecular complexity index is 748. The van der Waals surface area contributed by atoms with E-state index in [2.05, 4.69) is 27.7 Å². The molecule has 14 atom stereocenters. The molecule has 0 bridgehead atoms. The Morgan fingerprint density at radius 3 is 2.38 bits per heavy atom. The van der Waals surface area contributed by atoms with Crippen LogP contribution < -0.4 is 0 Å². The third kappa shape index (κ3) is 2.69. The molecule has 4 aliphatic carbocycles. The van der Waals surface area contributed by atoms with E-state index in [4.69, 9.17) is 9.47 Å². The Labute approximate surface area is 193 Å². The van der Waals surface area contributed by atoms with Crippen molar-refractivity contribution in [2.24, 2.45) is 52.3 Å². The lowest BCUT2D eigenvalue weighted by atomic mass is 9.43. The molecule has 0 aromatic rings. The fourth-order valence-corrected chi connectivity index (χ4v) is 10.3. The summed E-state index contributed by atoms with van der Waals surface area (Å²) >= 11 is 0. The molecule has 2 heterocycles. The molecule has 5 nitrogen and oxygen atoms in total. The molecule has 6 aliphatic rings. The van der Waals surface area contributed by atoms with Gasteiger partial charge in [-0.05, 0) is 80.0 Å². The first-order valence-corrected chi connectivity index (χ1v) is 13.5. The number of hydrogen-bond acceptors (Lipinski definition) is 5. The van der Waals surface area contributed by atoms with Gasteiger partial charge < -0.3 is 24.8 Å². The minimum Gasteiger partial charge on any atom is -0.393 e. The van der Waals surface area contributed by atoms with Crippen LogP contribution in [0.25, 0.3) is 0 Å². The van der Waals surface area contributed by atoms with Gasteiger partial charge in [-0.1, -0.05) is 27.7 Å². The molecular weight excluding hydrogens is 404 g/mol. The van der Waals surface area contributed by atoms with Crippen molar-refractivity contribution in [1.82, 2.24) is 0 Å². The number of aliphatic hydroxyl groups is 3. The van der Waals surface area contributed by atoms with Crippen LogP contribution in [0.5, 0.6) is 0 Å². The summed E-state index contributed by atoms with van der Waals surface area (Å²) in [6, 6.07) is 0. The predicted octanol–water partition coefficient (Wildman–Crippen LogP) is 3.74. The van der Waals surface area contributed by atoms with E-state index in [0.717, 1.165) is 58.0 Å². The minimum atomic E-state index is -0.727. The lowest BCUT2D eigenvalue weighted by Gasteiger charge is -2.64. The number of hydrogen-bond donors (Lipinski definition) is 3. The lowest BCUT2D eigenvalue weighted by Crippen LogP contribution is -2.65. The quantitative estimate of drug-likeness (QED) is 0.526. The van der Waals surface area contributed by atoms with Gasteiger partial charge in [0.25, 0.3) is 0 Å². The van der Waals surface area contributed by atoms with E-state index in [1.54, 1.807) is 0 Å². The largest absolute Gasteiger partial charge is 0.393 e. The van der Waals surface area contributed by atoms with Crippen LogP contribution in [0, 0.1) is 52.3 Å². The number of aliphatic hydroxyl groups excluding tert-OH is 3. The van der Waals surface area contributed by atoms with Crippen molar-refractivity contribution in [3.8, 4) is 0 Å². The molecule has 0 amide bonds. The van der Waals surface area contributed by atoms with Crippen molar-refractivity contribution in [1.29, 1.82) is 0 Å². The van der Waals surface area contributed by atoms with Gasteiger partial charge in [-0.25, -0.2) is 0 Å². The van der Waals surface area contributed by atoms with E-state index in [1.165, 1.54) is 0 Å². The average Bonchev–Trinajstić information content (AvgIpc) is 3.20. The minimum absolute atomic E-state index is 0.0118. The molecule has 182 valence electrons. The Hall–Kier alpha value is -0.200. The summed E-state index contributed by atoms with van der Waals surface area (Å²) in [5.41, 5.74) is -0.324. The molecule has 4 saturated carbocycles. The fourth-order valence-electron chi connectivity index (χ4n) is 10.3. The zero-order valence-corrected chi connectivity index (χ0v) is 20.4. The van der Waals surface area contributed by atoms with E-state index >= 15 is 0 Å². The maximum atomic E-state index is 11.8. The summed E-state index contributed by atoms with van der Waals surface area (Å²) in [5, 5.41) is 33.8. The number of ether oxygens (including phenoxy) is 2. The van der Waals surface area contributed by atoms with Gasteiger partial charge >= 0.3 is 0 Å². The second-order valence-corrected chi connectivity index (χ2v) is 13.3. The SMILES string of the molecule is C[C@@H]1CC[C@@]2(OC1)O[C@H]1C[C@H]3[C@@H]4CC[C@H]5C[C@@H](O)CC[C@]5(C)[C@H]4[C@@H](O)[C@@H](O)[C@]3(C)[C@H]1[C@@H]2C. The van der Waals surface area contributed by atoms with Crippen molar-refractivity contribution >= 4 is 0 Å². The zero-order valence-electron chi connectivity index (χ0n) is 20.4. The molecule has 2 aliphatic heterocycles. The maximum absolute atomic E-state index is 11.8. The van der Waals surface area contributed by atoms with Crippen LogP contribution in [0.1, 0.15) is 79.1 Å². The zero-order chi connectivity index (χ0) is 22.6. The summed E-state index contributed by atoms with van der Waals surface area (Å²) < 4.78 is 13.2. The molecule has 32 heavy (non-hydrogen) atoms. The molecule has 0 unspecified atom stereocenters. The van der Waals surface area contributed by atoms with Crippen molar-refractivity contribution in [2.75, 3.05) is 6.61 Å². The van der Waals surface area contributed by atoms with E-state index < -0.39 is 18.0 Å². The van der Waals surface area contributed by atoms with Crippen molar-refractivity contribution in [3.63, 3.8) is 0 Å². The normalized spacial score (nSPS) is 64.0. The lowest BCUT2D eigenvalue weighted by molar-refractivity contribution is -0.278. The highest BCUT2D eigenvalue weighted by Crippen LogP contribution is 2.71. The van der Waals surface area contributed by atoms with Crippen LogP contribution in [0.2, 0.25) is 0 Å². The monoisotopic (exact) mass is 448 g/mol. The third-order valence-electron chi connectivity index (χ3n) is 12.0. The van der Waals surface area contributed by atoms with Gasteiger partial charge in [0.05, 0.1) is 31.0 Å². The highest BCUT2D eigenvalue weighted by Gasteiger charge is 2.73. The van der Waals surface area contributed by atoms with E-state index in [0.29, 0.717) is 23.7 Å². The van der Waals surface area contributed by atoms with Crippen LogP contribution in [0.15, 0.2) is 0 Å². The van der Waals surface area contributed by atoms with Gasteiger partial charge in [-0.15, -0.1) is 0 Å². The van der Waals surface area contributed by atoms with E-state index in [-0.39, 0.29) is 40.8 Å². The summed E-state index contributed by atoms with van der Waals surface area (Å²) in [6.07, 6.45) is 6.44. The summed E-state index contributed by atoms with van der Waals surface area (Å²) in [7, 11) is 0. The van der Waals surface area contributed by atoms with Crippen LogP contribution >= 0.6 is 0 Å². The molecular formula is C27H44O5. The highest BCUT2D eigenvalue weighted by atomic mass is 16.7. The molecule has 5 heteroatoms. The average molecular weight is 449 g/mol. The summed E-state index contributed by atoms with van der Waals surface area (Å²) in [4.78, 5) is 0. The third-order valence-corrected chi connectivity index (χ3v) is 12.0. The predicted molar refractivity (Wildman–Crippen MR) is 121 cm³/mol. The van der Waals surface area contributed by atoms with Crippen molar-refractivity contribution < 1.29 is 24.8 Å². The van der Waals surface area contributed by atoms with Gasteiger partial charge in [0.1, 0.15) is 0 Å². The Balaban J connectivity index is 1.33. The Kier molecular flexibility index (Phi) is 4.99. The standard InChI is InChI=1S/C27H44O5/c1-14-7-10-27(31-13-14)15(2)21-20(32-27)12-19-18-6-5-16-11-17(28)8-9-25(16,3)22(18)23(29)24(30)26(19,21)4/h14-24,28-30H,5-13H2,1-4H3/t14-,15+,16+,17+,18+,19+,20+,21+,22-,23-,24-,25+,26+,27-/m1/s1. The molecule has 0 aromatic carbocycles. The topological polar surface area (TPSA) is 79.2 Å². The molecule has 3 N–H and O–H groups in total. The first-order chi connectivity index (χ1) is 15.1. The number of fused-ring (bicyclic) bond motifs is 7. The number of rotatable bonds is 0. The van der Waals surface area contributed by atoms with E-state index in [1.807, 2.05) is 0 Å². The first kappa shape index (κ1) is 22.3. The van der Waals surface area contributed by atoms with E-state index in [9.17, 15) is 15.3 Å². The van der Waals surface area contributed by atoms with Gasteiger partial charge in [-0.2, -0.15) is 0 Å². The van der Waals surface area contributed by atoms with Gasteiger partial charge in [0.2, 0.25) is 0 Å². The molecule has 0 aromatic heterocycles. The molecule has 6 fully saturated rings. The second-order valence-electron chi connectivity index (χ2n) is 13.3. The maximum Gasteiger partial charge on any atom is 0.171 e. The smallest absolute Gasteiger partial charge is 0.171 e. The molecule has 1 spiro atoms. The molecule has 2 saturated heterocycles. The van der Waals surface area contributed by atoms with Gasteiger partial charge in [0.15, 0.2) is 5.79 Å². The van der Waals surface area contributed by atoms with Crippen molar-refractivity contribution in [2.45, 2.75) is 109 Å². The Morgan fingerprint density at radius 2 is 1.66 bits per heavy atom. The van der Waals surface area contributed by atoms with Crippen LogP contribution in [0.3, 0.4) is 0 Å². The van der Waals surface area contributed by atoms with Crippen LogP contribution in [-0.4, -0.2) is 52.1 Å². The van der Waals surface area contributed by atoms with Gasteiger partial charge in [-0.3, -0.25) is 0 Å². The van der Waals surface area contributed by atoms with Gasteiger partial charge in [0, 0.05) is 23.7 Å². The first-order valence-electron chi connectivity index (χ1n) is 13.5. The van der Waals surface area contributed by atoms with Crippen LogP contribution in [-0.2, 0) is 9.47 Å². The second kappa shape index (κ2) is 7.16. The molecule has 0 radical (unpaired) electrons. The Morgan fingerprint density at radius 1 is 0.875 bits per heavy atom. The van der Waals surface area contributed by atoms with Crippen LogP contribution in [0.4, 0.5) is 0 Å². The van der Waals surface area contributed by atoms with Crippen molar-refractivity contribution in [3.05, 3.63) is 0 Å². The summed E-state index contributed by atoms with van der Waals surface area (Å²) in [6.45, 7) is 9.88. The molecule has 6 rings (SSSR count). The fraction of sp³-hybridized carbons (Fsp3) is 1.00. The highest BCUT2D eigenvalue weighted by molar-refractivity contribution is 5.20. The summed E-state index contributed by atoms with van der Waals surface area (Å²) in [5.74, 6) is 1.92.